The molecule has 1 aromatic heterocycles. The maximum absolute atomic E-state index is 12.1. The first-order valence-corrected chi connectivity index (χ1v) is 7.61. The Labute approximate surface area is 145 Å². The number of benzene rings is 1. The molecule has 6 nitrogen and oxygen atoms in total. The minimum Gasteiger partial charge on any atom is -0.391 e. The Morgan fingerprint density at radius 2 is 1.92 bits per heavy atom. The monoisotopic (exact) mass is 349 g/mol. The zero-order chi connectivity index (χ0) is 16.2. The molecule has 3 rings (SSSR count). The number of hydrogen-bond acceptors (Lipinski definition) is 4. The number of halogens is 1. The van der Waals surface area contributed by atoms with Crippen molar-refractivity contribution in [2.24, 2.45) is 5.92 Å². The molecule has 0 bridgehead atoms. The van der Waals surface area contributed by atoms with Crippen molar-refractivity contribution in [2.75, 3.05) is 19.6 Å². The zero-order valence-corrected chi connectivity index (χ0v) is 13.8. The van der Waals surface area contributed by atoms with E-state index in [0.29, 0.717) is 25.3 Å². The maximum atomic E-state index is 12.1. The smallest absolute Gasteiger partial charge is 0.261 e. The molecule has 2 heterocycles. The molecule has 0 aliphatic carbocycles. The summed E-state index contributed by atoms with van der Waals surface area (Å²) in [7, 11) is 0. The van der Waals surface area contributed by atoms with Crippen LogP contribution >= 0.6 is 12.4 Å². The van der Waals surface area contributed by atoms with Crippen LogP contribution in [0.3, 0.4) is 0 Å². The van der Waals surface area contributed by atoms with Crippen LogP contribution in [0.15, 0.2) is 47.3 Å². The van der Waals surface area contributed by atoms with Crippen molar-refractivity contribution in [1.82, 2.24) is 15.6 Å². The van der Waals surface area contributed by atoms with Crippen molar-refractivity contribution in [3.63, 3.8) is 0 Å². The number of H-pyrrole nitrogens is 1. The minimum absolute atomic E-state index is 0. The van der Waals surface area contributed by atoms with E-state index in [1.807, 2.05) is 30.3 Å². The summed E-state index contributed by atoms with van der Waals surface area (Å²) >= 11 is 0. The number of pyridine rings is 1. The number of aromatic nitrogens is 1. The quantitative estimate of drug-likeness (QED) is 0.656. The van der Waals surface area contributed by atoms with Crippen molar-refractivity contribution < 1.29 is 9.90 Å². The zero-order valence-electron chi connectivity index (χ0n) is 13.0. The number of aliphatic hydroxyl groups is 1. The molecule has 128 valence electrons. The Kier molecular flexibility index (Phi) is 6.14. The van der Waals surface area contributed by atoms with Gasteiger partial charge in [0, 0.05) is 31.2 Å². The lowest BCUT2D eigenvalue weighted by atomic mass is 10.1. The number of carbonyl (C=O) groups excluding carboxylic acids is 1. The summed E-state index contributed by atoms with van der Waals surface area (Å²) in [6, 6.07) is 12.7. The van der Waals surface area contributed by atoms with Gasteiger partial charge in [-0.2, -0.15) is 0 Å². The van der Waals surface area contributed by atoms with Gasteiger partial charge in [0.25, 0.3) is 11.5 Å². The Hall–Kier alpha value is -2.15. The second-order valence-electron chi connectivity index (χ2n) is 5.68. The van der Waals surface area contributed by atoms with Crippen LogP contribution in [0.25, 0.3) is 11.3 Å². The number of carbonyl (C=O) groups is 1. The third kappa shape index (κ3) is 4.03. The first-order valence-electron chi connectivity index (χ1n) is 7.61. The number of rotatable bonds is 4. The third-order valence-corrected chi connectivity index (χ3v) is 4.07. The lowest BCUT2D eigenvalue weighted by Gasteiger charge is -2.14. The van der Waals surface area contributed by atoms with Gasteiger partial charge in [-0.15, -0.1) is 12.4 Å². The average Bonchev–Trinajstić information content (AvgIpc) is 2.98. The van der Waals surface area contributed by atoms with Crippen molar-refractivity contribution in [2.45, 2.75) is 6.10 Å². The topological polar surface area (TPSA) is 94.2 Å². The molecule has 0 spiro atoms. The van der Waals surface area contributed by atoms with Gasteiger partial charge in [0.15, 0.2) is 0 Å². The molecule has 1 saturated heterocycles. The first-order chi connectivity index (χ1) is 11.1. The van der Waals surface area contributed by atoms with Gasteiger partial charge in [-0.3, -0.25) is 9.59 Å². The van der Waals surface area contributed by atoms with E-state index in [4.69, 9.17) is 0 Å². The predicted octanol–water partition coefficient (Wildman–Crippen LogP) is 0.774. The Morgan fingerprint density at radius 3 is 2.54 bits per heavy atom. The molecule has 0 radical (unpaired) electrons. The van der Waals surface area contributed by atoms with E-state index < -0.39 is 17.6 Å². The predicted molar refractivity (Wildman–Crippen MR) is 94.4 cm³/mol. The summed E-state index contributed by atoms with van der Waals surface area (Å²) in [6.07, 6.45) is -0.464. The third-order valence-electron chi connectivity index (χ3n) is 4.07. The Balaban J connectivity index is 0.00000208. The van der Waals surface area contributed by atoms with Crippen molar-refractivity contribution in [1.29, 1.82) is 0 Å². The molecule has 1 aliphatic rings. The lowest BCUT2D eigenvalue weighted by Crippen LogP contribution is -2.36. The van der Waals surface area contributed by atoms with Crippen LogP contribution in [0.2, 0.25) is 0 Å². The van der Waals surface area contributed by atoms with Crippen molar-refractivity contribution in [3.05, 3.63) is 58.4 Å². The first kappa shape index (κ1) is 18.2. The fourth-order valence-corrected chi connectivity index (χ4v) is 2.69. The highest BCUT2D eigenvalue weighted by Crippen LogP contribution is 2.14. The molecule has 2 atom stereocenters. The van der Waals surface area contributed by atoms with Gasteiger partial charge in [0.05, 0.1) is 6.10 Å². The molecule has 1 amide bonds. The van der Waals surface area contributed by atoms with Gasteiger partial charge in [0.1, 0.15) is 5.56 Å². The van der Waals surface area contributed by atoms with Crippen molar-refractivity contribution in [3.8, 4) is 11.3 Å². The Morgan fingerprint density at radius 1 is 1.17 bits per heavy atom. The van der Waals surface area contributed by atoms with Gasteiger partial charge < -0.3 is 20.7 Å². The summed E-state index contributed by atoms with van der Waals surface area (Å²) in [5.74, 6) is -0.452. The summed E-state index contributed by atoms with van der Waals surface area (Å²) in [5.41, 5.74) is 1.21. The van der Waals surface area contributed by atoms with Crippen LogP contribution in [0.1, 0.15) is 10.4 Å². The normalized spacial score (nSPS) is 19.5. The van der Waals surface area contributed by atoms with Gasteiger partial charge >= 0.3 is 0 Å². The molecule has 1 fully saturated rings. The standard InChI is InChI=1S/C17H19N3O3.ClH/c21-15-10-18-8-12(15)9-19-16(22)13-6-7-14(20-17(13)23)11-4-2-1-3-5-11;/h1-7,12,15,18,21H,8-10H2,(H,19,22)(H,20,23);1H. The molecule has 1 aromatic carbocycles. The van der Waals surface area contributed by atoms with Gasteiger partial charge in [-0.1, -0.05) is 30.3 Å². The fraction of sp³-hybridized carbons (Fsp3) is 0.294. The van der Waals surface area contributed by atoms with Crippen LogP contribution in [0.5, 0.6) is 0 Å². The van der Waals surface area contributed by atoms with Crippen LogP contribution in [-0.2, 0) is 0 Å². The van der Waals surface area contributed by atoms with Crippen LogP contribution in [-0.4, -0.2) is 41.7 Å². The number of hydrogen-bond donors (Lipinski definition) is 4. The second kappa shape index (κ2) is 8.10. The molecular weight excluding hydrogens is 330 g/mol. The summed E-state index contributed by atoms with van der Waals surface area (Å²) in [6.45, 7) is 1.53. The van der Waals surface area contributed by atoms with E-state index in [9.17, 15) is 14.7 Å². The van der Waals surface area contributed by atoms with Crippen LogP contribution in [0.4, 0.5) is 0 Å². The molecule has 0 saturated carbocycles. The molecule has 2 aromatic rings. The molecule has 1 aliphatic heterocycles. The SMILES string of the molecule is Cl.O=C(NCC1CNCC1O)c1ccc(-c2ccccc2)[nH]c1=O. The van der Waals surface area contributed by atoms with Crippen molar-refractivity contribution >= 4 is 18.3 Å². The number of amides is 1. The molecular formula is C17H20ClN3O3. The second-order valence-corrected chi connectivity index (χ2v) is 5.68. The van der Waals surface area contributed by atoms with E-state index in [1.165, 1.54) is 6.07 Å². The van der Waals surface area contributed by atoms with Crippen LogP contribution in [0, 0.1) is 5.92 Å². The largest absolute Gasteiger partial charge is 0.391 e. The molecule has 7 heteroatoms. The van der Waals surface area contributed by atoms with E-state index in [1.54, 1.807) is 6.07 Å². The summed E-state index contributed by atoms with van der Waals surface area (Å²) < 4.78 is 0. The lowest BCUT2D eigenvalue weighted by molar-refractivity contribution is 0.0925. The van der Waals surface area contributed by atoms with E-state index >= 15 is 0 Å². The number of nitrogens with one attached hydrogen (secondary N) is 3. The molecule has 4 N–H and O–H groups in total. The molecule has 24 heavy (non-hydrogen) atoms. The van der Waals surface area contributed by atoms with E-state index in [-0.39, 0.29) is 23.9 Å². The number of aliphatic hydroxyl groups excluding tert-OH is 1. The number of aromatic amines is 1. The highest BCUT2D eigenvalue weighted by molar-refractivity contribution is 5.94. The highest BCUT2D eigenvalue weighted by atomic mass is 35.5. The Bertz CT molecular complexity index is 748. The fourth-order valence-electron chi connectivity index (χ4n) is 2.69. The maximum Gasteiger partial charge on any atom is 0.261 e. The van der Waals surface area contributed by atoms with Gasteiger partial charge in [-0.25, -0.2) is 0 Å². The summed E-state index contributed by atoms with van der Waals surface area (Å²) in [4.78, 5) is 27.0. The average molecular weight is 350 g/mol. The number of β-amino-alcohol motifs (C(OH)–C–C–N with tert-alkyl or cyclic N) is 1. The van der Waals surface area contributed by atoms with Crippen LogP contribution < -0.4 is 16.2 Å². The van der Waals surface area contributed by atoms with E-state index in [0.717, 1.165) is 5.56 Å². The summed E-state index contributed by atoms with van der Waals surface area (Å²) in [5, 5.41) is 15.5. The van der Waals surface area contributed by atoms with Gasteiger partial charge in [0.2, 0.25) is 0 Å². The van der Waals surface area contributed by atoms with E-state index in [2.05, 4.69) is 15.6 Å². The minimum atomic E-state index is -0.464. The molecule has 2 unspecified atom stereocenters. The highest BCUT2D eigenvalue weighted by Gasteiger charge is 2.25. The van der Waals surface area contributed by atoms with Gasteiger partial charge in [-0.05, 0) is 17.7 Å².